The Labute approximate surface area is 214 Å². The molecule has 0 atom stereocenters. The molecule has 0 bridgehead atoms. The molecule has 184 valence electrons. The number of amides is 1. The van der Waals surface area contributed by atoms with Crippen LogP contribution in [0.25, 0.3) is 5.69 Å². The van der Waals surface area contributed by atoms with Gasteiger partial charge in [0, 0.05) is 23.8 Å². The van der Waals surface area contributed by atoms with Crippen molar-refractivity contribution in [1.82, 2.24) is 20.1 Å². The van der Waals surface area contributed by atoms with Gasteiger partial charge in [-0.2, -0.15) is 0 Å². The number of nitrogens with one attached hydrogen (secondary N) is 1. The molecule has 0 spiro atoms. The van der Waals surface area contributed by atoms with Crippen molar-refractivity contribution in [3.05, 3.63) is 94.8 Å². The van der Waals surface area contributed by atoms with Gasteiger partial charge in [-0.15, -0.1) is 10.2 Å². The summed E-state index contributed by atoms with van der Waals surface area (Å²) in [5, 5.41) is 12.8. The summed E-state index contributed by atoms with van der Waals surface area (Å²) in [4.78, 5) is 12.6. The van der Waals surface area contributed by atoms with Crippen LogP contribution in [0.3, 0.4) is 0 Å². The standard InChI is InChI=1S/C28H28N4O3S/c1-18(2)26-30-31-28(32(26)23-7-5-4-6-19(23)3)36-16-20-8-11-22(12-9-20)27(33)29-15-21-10-13-24-25(14-21)35-17-34-24/h4-14,18H,15-17H2,1-3H3,(H,29,33). The van der Waals surface area contributed by atoms with E-state index in [2.05, 4.69) is 53.0 Å². The fraction of sp³-hybridized carbons (Fsp3) is 0.250. The maximum absolute atomic E-state index is 12.6. The zero-order chi connectivity index (χ0) is 25.1. The van der Waals surface area contributed by atoms with E-state index in [1.54, 1.807) is 11.8 Å². The third kappa shape index (κ3) is 5.09. The van der Waals surface area contributed by atoms with Gasteiger partial charge in [0.05, 0.1) is 5.69 Å². The van der Waals surface area contributed by atoms with Gasteiger partial charge in [0.2, 0.25) is 6.79 Å². The zero-order valence-corrected chi connectivity index (χ0v) is 21.3. The van der Waals surface area contributed by atoms with Gasteiger partial charge < -0.3 is 14.8 Å². The zero-order valence-electron chi connectivity index (χ0n) is 20.5. The molecule has 1 N–H and O–H groups in total. The van der Waals surface area contributed by atoms with Crippen molar-refractivity contribution < 1.29 is 14.3 Å². The van der Waals surface area contributed by atoms with Crippen molar-refractivity contribution in [3.8, 4) is 17.2 Å². The molecular formula is C28H28N4O3S. The smallest absolute Gasteiger partial charge is 0.251 e. The first-order valence-corrected chi connectivity index (χ1v) is 12.9. The molecule has 1 aliphatic rings. The molecule has 8 heteroatoms. The second-order valence-electron chi connectivity index (χ2n) is 8.97. The Morgan fingerprint density at radius 1 is 1.00 bits per heavy atom. The second-order valence-corrected chi connectivity index (χ2v) is 9.92. The maximum atomic E-state index is 12.6. The highest BCUT2D eigenvalue weighted by atomic mass is 32.2. The monoisotopic (exact) mass is 500 g/mol. The highest BCUT2D eigenvalue weighted by Crippen LogP contribution is 2.32. The maximum Gasteiger partial charge on any atom is 0.251 e. The van der Waals surface area contributed by atoms with E-state index < -0.39 is 0 Å². The SMILES string of the molecule is Cc1ccccc1-n1c(SCc2ccc(C(=O)NCc3ccc4c(c3)OCO4)cc2)nnc1C(C)C. The predicted octanol–water partition coefficient (Wildman–Crippen LogP) is 5.65. The van der Waals surface area contributed by atoms with E-state index in [0.717, 1.165) is 39.3 Å². The summed E-state index contributed by atoms with van der Waals surface area (Å²) in [5.41, 5.74) is 4.96. The highest BCUT2D eigenvalue weighted by Gasteiger charge is 2.18. The lowest BCUT2D eigenvalue weighted by atomic mass is 10.1. The molecular weight excluding hydrogens is 472 g/mol. The minimum Gasteiger partial charge on any atom is -0.454 e. The van der Waals surface area contributed by atoms with E-state index >= 15 is 0 Å². The molecule has 3 aromatic carbocycles. The Morgan fingerprint density at radius 3 is 2.53 bits per heavy atom. The quantitative estimate of drug-likeness (QED) is 0.315. The first-order valence-electron chi connectivity index (χ1n) is 11.9. The molecule has 2 heterocycles. The topological polar surface area (TPSA) is 78.3 Å². The van der Waals surface area contributed by atoms with E-state index in [9.17, 15) is 4.79 Å². The van der Waals surface area contributed by atoms with Crippen LogP contribution in [0.2, 0.25) is 0 Å². The van der Waals surface area contributed by atoms with E-state index in [0.29, 0.717) is 17.9 Å². The molecule has 0 unspecified atom stereocenters. The van der Waals surface area contributed by atoms with E-state index in [4.69, 9.17) is 9.47 Å². The summed E-state index contributed by atoms with van der Waals surface area (Å²) >= 11 is 1.64. The molecule has 7 nitrogen and oxygen atoms in total. The molecule has 1 aromatic heterocycles. The van der Waals surface area contributed by atoms with E-state index in [1.165, 1.54) is 5.56 Å². The van der Waals surface area contributed by atoms with Crippen LogP contribution in [0.4, 0.5) is 0 Å². The Morgan fingerprint density at radius 2 is 1.75 bits per heavy atom. The van der Waals surface area contributed by atoms with Crippen LogP contribution in [0.15, 0.2) is 71.9 Å². The number of aryl methyl sites for hydroxylation is 1. The van der Waals surface area contributed by atoms with Gasteiger partial charge >= 0.3 is 0 Å². The molecule has 4 aromatic rings. The summed E-state index contributed by atoms with van der Waals surface area (Å²) < 4.78 is 12.9. The molecule has 36 heavy (non-hydrogen) atoms. The Hall–Kier alpha value is -3.78. The van der Waals surface area contributed by atoms with Crippen LogP contribution >= 0.6 is 11.8 Å². The Kier molecular flexibility index (Phi) is 6.95. The second kappa shape index (κ2) is 10.5. The van der Waals surface area contributed by atoms with Gasteiger partial charge in [0.1, 0.15) is 5.82 Å². The van der Waals surface area contributed by atoms with Crippen LogP contribution < -0.4 is 14.8 Å². The average Bonchev–Trinajstić information content (AvgIpc) is 3.53. The number of ether oxygens (including phenoxy) is 2. The van der Waals surface area contributed by atoms with Crippen molar-refractivity contribution in [3.63, 3.8) is 0 Å². The fourth-order valence-corrected chi connectivity index (χ4v) is 4.93. The highest BCUT2D eigenvalue weighted by molar-refractivity contribution is 7.98. The van der Waals surface area contributed by atoms with Gasteiger partial charge in [-0.1, -0.05) is 62.0 Å². The molecule has 0 radical (unpaired) electrons. The molecule has 1 amide bonds. The van der Waals surface area contributed by atoms with Crippen LogP contribution in [0, 0.1) is 6.92 Å². The lowest BCUT2D eigenvalue weighted by molar-refractivity contribution is 0.0951. The minimum absolute atomic E-state index is 0.118. The molecule has 0 saturated heterocycles. The number of hydrogen-bond donors (Lipinski definition) is 1. The largest absolute Gasteiger partial charge is 0.454 e. The molecule has 0 fully saturated rings. The van der Waals surface area contributed by atoms with Gasteiger partial charge in [0.15, 0.2) is 16.7 Å². The van der Waals surface area contributed by atoms with Crippen LogP contribution in [0.1, 0.15) is 52.6 Å². The minimum atomic E-state index is -0.118. The summed E-state index contributed by atoms with van der Waals surface area (Å²) in [7, 11) is 0. The molecule has 1 aliphatic heterocycles. The van der Waals surface area contributed by atoms with Crippen molar-refractivity contribution in [1.29, 1.82) is 0 Å². The third-order valence-electron chi connectivity index (χ3n) is 6.01. The van der Waals surface area contributed by atoms with Crippen LogP contribution in [-0.4, -0.2) is 27.5 Å². The Bertz CT molecular complexity index is 1380. The lowest BCUT2D eigenvalue weighted by Gasteiger charge is -2.14. The summed E-state index contributed by atoms with van der Waals surface area (Å²) in [6.45, 7) is 7.01. The molecule has 5 rings (SSSR count). The van der Waals surface area contributed by atoms with Crippen molar-refractivity contribution >= 4 is 17.7 Å². The first kappa shape index (κ1) is 23.9. The summed E-state index contributed by atoms with van der Waals surface area (Å²) in [5.74, 6) is 3.25. The number of aromatic nitrogens is 3. The predicted molar refractivity (Wildman–Crippen MR) is 140 cm³/mol. The number of nitrogens with zero attached hydrogens (tertiary/aromatic N) is 3. The first-order chi connectivity index (χ1) is 17.5. The van der Waals surface area contributed by atoms with Gasteiger partial charge in [-0.3, -0.25) is 9.36 Å². The Balaban J connectivity index is 1.23. The molecule has 0 saturated carbocycles. The summed E-state index contributed by atoms with van der Waals surface area (Å²) in [6.07, 6.45) is 0. The third-order valence-corrected chi connectivity index (χ3v) is 7.01. The fourth-order valence-electron chi connectivity index (χ4n) is 4.02. The number of fused-ring (bicyclic) bond motifs is 1. The normalized spacial score (nSPS) is 12.2. The lowest BCUT2D eigenvalue weighted by Crippen LogP contribution is -2.22. The van der Waals surface area contributed by atoms with Crippen molar-refractivity contribution in [2.45, 2.75) is 44.1 Å². The summed E-state index contributed by atoms with van der Waals surface area (Å²) in [6, 6.07) is 21.6. The van der Waals surface area contributed by atoms with Crippen LogP contribution in [0.5, 0.6) is 11.5 Å². The number of para-hydroxylation sites is 1. The van der Waals surface area contributed by atoms with Gasteiger partial charge in [-0.05, 0) is 53.9 Å². The number of thioether (sulfide) groups is 1. The number of hydrogen-bond acceptors (Lipinski definition) is 6. The molecule has 0 aliphatic carbocycles. The number of rotatable bonds is 8. The van der Waals surface area contributed by atoms with Gasteiger partial charge in [0.25, 0.3) is 5.91 Å². The van der Waals surface area contributed by atoms with E-state index in [1.807, 2.05) is 54.6 Å². The van der Waals surface area contributed by atoms with Crippen molar-refractivity contribution in [2.75, 3.05) is 6.79 Å². The number of benzene rings is 3. The number of carbonyl (C=O) groups excluding carboxylic acids is 1. The average molecular weight is 501 g/mol. The number of carbonyl (C=O) groups is 1. The van der Waals surface area contributed by atoms with E-state index in [-0.39, 0.29) is 18.6 Å². The van der Waals surface area contributed by atoms with Crippen molar-refractivity contribution in [2.24, 2.45) is 0 Å². The van der Waals surface area contributed by atoms with Gasteiger partial charge in [-0.25, -0.2) is 0 Å². The van der Waals surface area contributed by atoms with Crippen LogP contribution in [-0.2, 0) is 12.3 Å².